The molecule has 3 heteroatoms. The summed E-state index contributed by atoms with van der Waals surface area (Å²) in [6.45, 7) is 0.401. The van der Waals surface area contributed by atoms with Gasteiger partial charge in [0.2, 0.25) is 0 Å². The lowest BCUT2D eigenvalue weighted by Gasteiger charge is -2.40. The molecule has 0 aliphatic carbocycles. The van der Waals surface area contributed by atoms with Gasteiger partial charge in [-0.1, -0.05) is 30.3 Å². The van der Waals surface area contributed by atoms with E-state index < -0.39 is 6.10 Å². The molecular formula is C11H12O3. The maximum atomic E-state index is 9.43. The molecule has 4 atom stereocenters. The number of hydrogen-bond acceptors (Lipinski definition) is 3. The zero-order valence-corrected chi connectivity index (χ0v) is 7.67. The van der Waals surface area contributed by atoms with Crippen molar-refractivity contribution in [3.63, 3.8) is 0 Å². The fourth-order valence-electron chi connectivity index (χ4n) is 2.11. The van der Waals surface area contributed by atoms with E-state index in [1.165, 1.54) is 0 Å². The number of hydrogen-bond donors (Lipinski definition) is 1. The third-order valence-electron chi connectivity index (χ3n) is 2.89. The highest BCUT2D eigenvalue weighted by atomic mass is 16.6. The highest BCUT2D eigenvalue weighted by Gasteiger charge is 2.52. The molecular weight excluding hydrogens is 180 g/mol. The standard InChI is InChI=1S/C11H12O3/c12-8-6-13-11-9(14-10(8)11)7-4-2-1-3-5-7/h1-5,8-12H,6H2/t8-,9-,10+,11+/m0/s1. The van der Waals surface area contributed by atoms with Crippen LogP contribution in [0.25, 0.3) is 0 Å². The lowest BCUT2D eigenvalue weighted by atomic mass is 9.93. The lowest BCUT2D eigenvalue weighted by Crippen LogP contribution is -2.49. The van der Waals surface area contributed by atoms with Gasteiger partial charge in [0.15, 0.2) is 0 Å². The third kappa shape index (κ3) is 1.10. The summed E-state index contributed by atoms with van der Waals surface area (Å²) in [5, 5.41) is 9.43. The minimum absolute atomic E-state index is 0.0124. The van der Waals surface area contributed by atoms with Crippen LogP contribution in [-0.4, -0.2) is 30.0 Å². The van der Waals surface area contributed by atoms with Crippen molar-refractivity contribution < 1.29 is 14.6 Å². The van der Waals surface area contributed by atoms with E-state index in [1.54, 1.807) is 0 Å². The van der Waals surface area contributed by atoms with Crippen LogP contribution in [0.15, 0.2) is 30.3 Å². The molecule has 0 bridgehead atoms. The van der Waals surface area contributed by atoms with E-state index in [9.17, 15) is 5.11 Å². The average Bonchev–Trinajstić information content (AvgIpc) is 2.44. The highest BCUT2D eigenvalue weighted by molar-refractivity contribution is 5.22. The van der Waals surface area contributed by atoms with Gasteiger partial charge >= 0.3 is 0 Å². The van der Waals surface area contributed by atoms with Gasteiger partial charge in [0, 0.05) is 0 Å². The summed E-state index contributed by atoms with van der Waals surface area (Å²) >= 11 is 0. The zero-order chi connectivity index (χ0) is 9.54. The van der Waals surface area contributed by atoms with Gasteiger partial charge in [-0.2, -0.15) is 0 Å². The van der Waals surface area contributed by atoms with Crippen LogP contribution in [0.3, 0.4) is 0 Å². The van der Waals surface area contributed by atoms with E-state index >= 15 is 0 Å². The molecule has 2 aliphatic rings. The molecule has 0 amide bonds. The minimum atomic E-state index is -0.444. The fraction of sp³-hybridized carbons (Fsp3) is 0.455. The molecule has 14 heavy (non-hydrogen) atoms. The van der Waals surface area contributed by atoms with E-state index in [4.69, 9.17) is 9.47 Å². The quantitative estimate of drug-likeness (QED) is 0.718. The normalized spacial score (nSPS) is 40.4. The Morgan fingerprint density at radius 3 is 2.64 bits per heavy atom. The second kappa shape index (κ2) is 3.05. The van der Waals surface area contributed by atoms with Gasteiger partial charge in [-0.15, -0.1) is 0 Å². The first kappa shape index (κ1) is 8.41. The van der Waals surface area contributed by atoms with Crippen LogP contribution in [0.2, 0.25) is 0 Å². The SMILES string of the molecule is O[C@H]1CO[C@H]2[C@@H]1O[C@H]2c1ccccc1. The number of fused-ring (bicyclic) bond motifs is 1. The van der Waals surface area contributed by atoms with E-state index in [0.29, 0.717) is 6.61 Å². The Morgan fingerprint density at radius 2 is 1.93 bits per heavy atom. The average molecular weight is 192 g/mol. The summed E-state index contributed by atoms with van der Waals surface area (Å²) in [5.41, 5.74) is 1.13. The summed E-state index contributed by atoms with van der Waals surface area (Å²) in [5.74, 6) is 0. The van der Waals surface area contributed by atoms with Gasteiger partial charge in [0.25, 0.3) is 0 Å². The summed E-state index contributed by atoms with van der Waals surface area (Å²) in [4.78, 5) is 0. The van der Waals surface area contributed by atoms with E-state index in [2.05, 4.69) is 0 Å². The van der Waals surface area contributed by atoms with Crippen molar-refractivity contribution in [1.29, 1.82) is 0 Å². The first-order valence-corrected chi connectivity index (χ1v) is 4.86. The first-order chi connectivity index (χ1) is 6.86. The molecule has 3 nitrogen and oxygen atoms in total. The Hall–Kier alpha value is -0.900. The van der Waals surface area contributed by atoms with Crippen LogP contribution in [-0.2, 0) is 9.47 Å². The molecule has 1 aromatic carbocycles. The second-order valence-corrected chi connectivity index (χ2v) is 3.80. The van der Waals surface area contributed by atoms with Gasteiger partial charge in [0.1, 0.15) is 24.4 Å². The van der Waals surface area contributed by atoms with Crippen molar-refractivity contribution in [2.24, 2.45) is 0 Å². The Bertz CT molecular complexity index is 325. The molecule has 0 radical (unpaired) electrons. The third-order valence-corrected chi connectivity index (χ3v) is 2.89. The molecule has 3 rings (SSSR count). The van der Waals surface area contributed by atoms with Crippen LogP contribution < -0.4 is 0 Å². The summed E-state index contributed by atoms with van der Waals surface area (Å²) in [6, 6.07) is 9.99. The molecule has 2 fully saturated rings. The van der Waals surface area contributed by atoms with Gasteiger partial charge < -0.3 is 14.6 Å². The molecule has 0 saturated carbocycles. The van der Waals surface area contributed by atoms with Crippen molar-refractivity contribution in [3.05, 3.63) is 35.9 Å². The molecule has 1 aromatic rings. The minimum Gasteiger partial charge on any atom is -0.388 e. The molecule has 0 spiro atoms. The fourth-order valence-corrected chi connectivity index (χ4v) is 2.11. The van der Waals surface area contributed by atoms with E-state index in [1.807, 2.05) is 30.3 Å². The van der Waals surface area contributed by atoms with Gasteiger partial charge in [-0.05, 0) is 5.56 Å². The summed E-state index contributed by atoms with van der Waals surface area (Å²) in [6.07, 6.45) is -0.495. The van der Waals surface area contributed by atoms with Gasteiger partial charge in [-0.25, -0.2) is 0 Å². The van der Waals surface area contributed by atoms with Crippen LogP contribution in [0.5, 0.6) is 0 Å². The summed E-state index contributed by atoms with van der Waals surface area (Å²) in [7, 11) is 0. The van der Waals surface area contributed by atoms with Crippen LogP contribution in [0, 0.1) is 0 Å². The molecule has 2 aliphatic heterocycles. The van der Waals surface area contributed by atoms with Crippen molar-refractivity contribution in [2.75, 3.05) is 6.61 Å². The monoisotopic (exact) mass is 192 g/mol. The molecule has 1 N–H and O–H groups in total. The largest absolute Gasteiger partial charge is 0.388 e. The smallest absolute Gasteiger partial charge is 0.117 e. The second-order valence-electron chi connectivity index (χ2n) is 3.80. The van der Waals surface area contributed by atoms with Gasteiger partial charge in [0.05, 0.1) is 6.61 Å². The van der Waals surface area contributed by atoms with Crippen molar-refractivity contribution in [3.8, 4) is 0 Å². The van der Waals surface area contributed by atoms with Crippen molar-refractivity contribution in [2.45, 2.75) is 24.4 Å². The highest BCUT2D eigenvalue weighted by Crippen LogP contribution is 2.42. The Kier molecular flexibility index (Phi) is 1.83. The Morgan fingerprint density at radius 1 is 1.14 bits per heavy atom. The molecule has 2 saturated heterocycles. The Labute approximate surface area is 82.3 Å². The predicted molar refractivity (Wildman–Crippen MR) is 49.8 cm³/mol. The predicted octanol–water partition coefficient (Wildman–Crippen LogP) is 0.886. The number of aliphatic hydroxyl groups excluding tert-OH is 1. The number of ether oxygens (including phenoxy) is 2. The molecule has 74 valence electrons. The van der Waals surface area contributed by atoms with E-state index in [-0.39, 0.29) is 18.3 Å². The first-order valence-electron chi connectivity index (χ1n) is 4.86. The number of rotatable bonds is 1. The molecule has 2 heterocycles. The van der Waals surface area contributed by atoms with Crippen LogP contribution >= 0.6 is 0 Å². The van der Waals surface area contributed by atoms with Crippen LogP contribution in [0.4, 0.5) is 0 Å². The lowest BCUT2D eigenvalue weighted by molar-refractivity contribution is -0.215. The maximum absolute atomic E-state index is 9.43. The Balaban J connectivity index is 1.79. The topological polar surface area (TPSA) is 38.7 Å². The van der Waals surface area contributed by atoms with E-state index in [0.717, 1.165) is 5.56 Å². The maximum Gasteiger partial charge on any atom is 0.117 e. The zero-order valence-electron chi connectivity index (χ0n) is 7.67. The van der Waals surface area contributed by atoms with Crippen molar-refractivity contribution >= 4 is 0 Å². The number of aliphatic hydroxyl groups is 1. The van der Waals surface area contributed by atoms with Crippen molar-refractivity contribution in [1.82, 2.24) is 0 Å². The molecule has 0 aromatic heterocycles. The summed E-state index contributed by atoms with van der Waals surface area (Å²) < 4.78 is 11.0. The van der Waals surface area contributed by atoms with Gasteiger partial charge in [-0.3, -0.25) is 0 Å². The molecule has 0 unspecified atom stereocenters. The van der Waals surface area contributed by atoms with Crippen LogP contribution in [0.1, 0.15) is 11.7 Å². The number of benzene rings is 1.